The van der Waals surface area contributed by atoms with Crippen LogP contribution in [0.5, 0.6) is 0 Å². The van der Waals surface area contributed by atoms with Gasteiger partial charge >= 0.3 is 0 Å². The highest BCUT2D eigenvalue weighted by Crippen LogP contribution is 2.28. The Morgan fingerprint density at radius 1 is 0.900 bits per heavy atom. The third-order valence-corrected chi connectivity index (χ3v) is 9.38. The first-order valence-electron chi connectivity index (χ1n) is 14.1. The van der Waals surface area contributed by atoms with Crippen LogP contribution in [-0.4, -0.2) is 50.3 Å². The molecule has 40 heavy (non-hydrogen) atoms. The lowest BCUT2D eigenvalue weighted by molar-refractivity contribution is -0.139. The van der Waals surface area contributed by atoms with E-state index in [2.05, 4.69) is 5.32 Å². The van der Waals surface area contributed by atoms with E-state index >= 15 is 0 Å². The molecule has 1 N–H and O–H groups in total. The third-order valence-electron chi connectivity index (χ3n) is 7.60. The highest BCUT2D eigenvalue weighted by Gasteiger charge is 2.33. The number of anilines is 1. The van der Waals surface area contributed by atoms with Crippen LogP contribution in [0.4, 0.5) is 5.69 Å². The van der Waals surface area contributed by atoms with E-state index in [1.54, 1.807) is 37.3 Å². The van der Waals surface area contributed by atoms with Gasteiger partial charge in [0.25, 0.3) is 10.0 Å². The first-order valence-corrected chi connectivity index (χ1v) is 15.5. The van der Waals surface area contributed by atoms with Gasteiger partial charge in [-0.25, -0.2) is 8.42 Å². The maximum atomic E-state index is 14.0. The van der Waals surface area contributed by atoms with Gasteiger partial charge < -0.3 is 10.2 Å². The first kappa shape index (κ1) is 29.3. The maximum Gasteiger partial charge on any atom is 0.264 e. The van der Waals surface area contributed by atoms with Gasteiger partial charge in [-0.3, -0.25) is 13.9 Å². The van der Waals surface area contributed by atoms with Crippen molar-refractivity contribution in [2.24, 2.45) is 0 Å². The minimum absolute atomic E-state index is 0.108. The molecule has 0 aromatic heterocycles. The molecule has 8 heteroatoms. The zero-order valence-electron chi connectivity index (χ0n) is 23.3. The highest BCUT2D eigenvalue weighted by atomic mass is 32.2. The van der Waals surface area contributed by atoms with Crippen molar-refractivity contribution in [3.8, 4) is 0 Å². The molecule has 1 fully saturated rings. The predicted octanol–water partition coefficient (Wildman–Crippen LogP) is 4.96. The third kappa shape index (κ3) is 7.10. The summed E-state index contributed by atoms with van der Waals surface area (Å²) in [5.41, 5.74) is 2.32. The second kappa shape index (κ2) is 13.6. The van der Waals surface area contributed by atoms with Crippen molar-refractivity contribution in [2.45, 2.75) is 69.4 Å². The van der Waals surface area contributed by atoms with Crippen LogP contribution < -0.4 is 9.62 Å². The summed E-state index contributed by atoms with van der Waals surface area (Å²) in [6.45, 7) is 3.56. The number of sulfonamides is 1. The molecule has 2 amide bonds. The molecule has 0 aliphatic heterocycles. The standard InChI is InChI=1S/C32H39N3O4S/c1-3-27-16-10-13-21-30(27)35(40(38,39)29-19-8-5-9-20-29)24-31(36)34(23-22-26-14-6-4-7-15-26)25(2)32(37)33-28-17-11-12-18-28/h4-10,13-16,19-21,25,28H,3,11-12,17-18,22-24H2,1-2H3,(H,33,37)/t25-/m0/s1. The van der Waals surface area contributed by atoms with E-state index in [0.717, 1.165) is 36.8 Å². The molecule has 4 rings (SSSR count). The molecular formula is C32H39N3O4S. The number of aryl methyl sites for hydroxylation is 1. The lowest BCUT2D eigenvalue weighted by Gasteiger charge is -2.33. The average molecular weight is 562 g/mol. The number of hydrogen-bond donors (Lipinski definition) is 1. The summed E-state index contributed by atoms with van der Waals surface area (Å²) in [5, 5.41) is 3.11. The summed E-state index contributed by atoms with van der Waals surface area (Å²) in [6, 6.07) is 24.5. The Bertz CT molecular complexity index is 1370. The Kier molecular flexibility index (Phi) is 9.98. The summed E-state index contributed by atoms with van der Waals surface area (Å²) in [6.07, 6.45) is 5.19. The molecule has 1 aliphatic carbocycles. The van der Waals surface area contributed by atoms with Crippen LogP contribution in [-0.2, 0) is 32.5 Å². The van der Waals surface area contributed by atoms with E-state index in [9.17, 15) is 18.0 Å². The SMILES string of the molecule is CCc1ccccc1N(CC(=O)N(CCc1ccccc1)[C@@H](C)C(=O)NC1CCCC1)S(=O)(=O)c1ccccc1. The van der Waals surface area contributed by atoms with Crippen molar-refractivity contribution in [1.29, 1.82) is 0 Å². The van der Waals surface area contributed by atoms with Crippen LogP contribution in [0.2, 0.25) is 0 Å². The van der Waals surface area contributed by atoms with Gasteiger partial charge in [-0.1, -0.05) is 86.5 Å². The Morgan fingerprint density at radius 3 is 2.15 bits per heavy atom. The topological polar surface area (TPSA) is 86.8 Å². The molecule has 212 valence electrons. The number of benzene rings is 3. The summed E-state index contributed by atoms with van der Waals surface area (Å²) in [7, 11) is -4.06. The number of nitrogens with zero attached hydrogens (tertiary/aromatic N) is 2. The van der Waals surface area contributed by atoms with Gasteiger partial charge in [0.05, 0.1) is 10.6 Å². The minimum atomic E-state index is -4.06. The summed E-state index contributed by atoms with van der Waals surface area (Å²) in [4.78, 5) is 29.0. The quantitative estimate of drug-likeness (QED) is 0.339. The Labute approximate surface area is 238 Å². The molecular weight excluding hydrogens is 522 g/mol. The zero-order chi connectivity index (χ0) is 28.5. The Balaban J connectivity index is 1.66. The fourth-order valence-electron chi connectivity index (χ4n) is 5.25. The number of para-hydroxylation sites is 1. The summed E-state index contributed by atoms with van der Waals surface area (Å²) < 4.78 is 29.1. The fourth-order valence-corrected chi connectivity index (χ4v) is 6.72. The van der Waals surface area contributed by atoms with Gasteiger partial charge in [-0.2, -0.15) is 0 Å². The van der Waals surface area contributed by atoms with Gasteiger partial charge in [0.1, 0.15) is 12.6 Å². The molecule has 1 aliphatic rings. The second-order valence-corrected chi connectivity index (χ2v) is 12.2. The normalized spacial score (nSPS) is 14.4. The van der Waals surface area contributed by atoms with E-state index in [4.69, 9.17) is 0 Å². The van der Waals surface area contributed by atoms with E-state index < -0.39 is 28.5 Å². The molecule has 3 aromatic carbocycles. The van der Waals surface area contributed by atoms with Crippen molar-refractivity contribution in [1.82, 2.24) is 10.2 Å². The molecule has 1 saturated carbocycles. The Morgan fingerprint density at radius 2 is 1.50 bits per heavy atom. The average Bonchev–Trinajstić information content (AvgIpc) is 3.50. The number of nitrogens with one attached hydrogen (secondary N) is 1. The number of carbonyl (C=O) groups is 2. The molecule has 0 bridgehead atoms. The minimum Gasteiger partial charge on any atom is -0.352 e. The van der Waals surface area contributed by atoms with Crippen molar-refractivity contribution in [2.75, 3.05) is 17.4 Å². The molecule has 3 aromatic rings. The number of hydrogen-bond acceptors (Lipinski definition) is 4. The van der Waals surface area contributed by atoms with Crippen LogP contribution in [0.25, 0.3) is 0 Å². The summed E-state index contributed by atoms with van der Waals surface area (Å²) in [5.74, 6) is -0.629. The predicted molar refractivity (Wildman–Crippen MR) is 159 cm³/mol. The van der Waals surface area contributed by atoms with Gasteiger partial charge in [0, 0.05) is 12.6 Å². The van der Waals surface area contributed by atoms with Gasteiger partial charge in [-0.15, -0.1) is 0 Å². The molecule has 0 saturated heterocycles. The van der Waals surface area contributed by atoms with E-state index in [-0.39, 0.29) is 23.4 Å². The fraction of sp³-hybridized carbons (Fsp3) is 0.375. The van der Waals surface area contributed by atoms with E-state index in [1.807, 2.05) is 49.4 Å². The van der Waals surface area contributed by atoms with Crippen LogP contribution in [0.3, 0.4) is 0 Å². The highest BCUT2D eigenvalue weighted by molar-refractivity contribution is 7.92. The van der Waals surface area contributed by atoms with E-state index in [0.29, 0.717) is 18.5 Å². The molecule has 0 unspecified atom stereocenters. The molecule has 0 radical (unpaired) electrons. The van der Waals surface area contributed by atoms with E-state index in [1.165, 1.54) is 21.3 Å². The number of amides is 2. The summed E-state index contributed by atoms with van der Waals surface area (Å²) >= 11 is 0. The zero-order valence-corrected chi connectivity index (χ0v) is 24.1. The van der Waals surface area contributed by atoms with Gasteiger partial charge in [-0.05, 0) is 61.9 Å². The number of rotatable bonds is 12. The van der Waals surface area contributed by atoms with Crippen LogP contribution in [0.15, 0.2) is 89.8 Å². The van der Waals surface area contributed by atoms with Crippen molar-refractivity contribution in [3.63, 3.8) is 0 Å². The smallest absolute Gasteiger partial charge is 0.264 e. The van der Waals surface area contributed by atoms with Crippen LogP contribution >= 0.6 is 0 Å². The monoisotopic (exact) mass is 561 g/mol. The maximum absolute atomic E-state index is 14.0. The molecule has 1 atom stereocenters. The van der Waals surface area contributed by atoms with Gasteiger partial charge in [0.2, 0.25) is 11.8 Å². The van der Waals surface area contributed by atoms with Crippen molar-refractivity contribution < 1.29 is 18.0 Å². The van der Waals surface area contributed by atoms with Crippen molar-refractivity contribution in [3.05, 3.63) is 96.1 Å². The molecule has 7 nitrogen and oxygen atoms in total. The second-order valence-electron chi connectivity index (χ2n) is 10.3. The number of carbonyl (C=O) groups excluding carboxylic acids is 2. The largest absolute Gasteiger partial charge is 0.352 e. The van der Waals surface area contributed by atoms with Crippen LogP contribution in [0.1, 0.15) is 50.7 Å². The van der Waals surface area contributed by atoms with Crippen molar-refractivity contribution >= 4 is 27.5 Å². The van der Waals surface area contributed by atoms with Crippen LogP contribution in [0, 0.1) is 0 Å². The lowest BCUT2D eigenvalue weighted by atomic mass is 10.1. The molecule has 0 spiro atoms. The Hall–Kier alpha value is -3.65. The first-order chi connectivity index (χ1) is 19.3. The molecule has 0 heterocycles. The lowest BCUT2D eigenvalue weighted by Crippen LogP contribution is -2.53. The van der Waals surface area contributed by atoms with Gasteiger partial charge in [0.15, 0.2) is 0 Å².